The van der Waals surface area contributed by atoms with E-state index in [9.17, 15) is 4.79 Å². The first-order valence-corrected chi connectivity index (χ1v) is 6.85. The fraction of sp³-hybridized carbons (Fsp3) is 0. The van der Waals surface area contributed by atoms with E-state index < -0.39 is 5.97 Å². The van der Waals surface area contributed by atoms with Crippen molar-refractivity contribution in [3.05, 3.63) is 78.4 Å². The minimum absolute atomic E-state index is 0.156. The Morgan fingerprint density at radius 2 is 1.61 bits per heavy atom. The molecule has 0 saturated carbocycles. The molecule has 23 heavy (non-hydrogen) atoms. The van der Waals surface area contributed by atoms with E-state index in [2.05, 4.69) is 16.0 Å². The second kappa shape index (κ2) is 6.50. The lowest BCUT2D eigenvalue weighted by Crippen LogP contribution is -2.10. The van der Waals surface area contributed by atoms with Crippen molar-refractivity contribution >= 4 is 5.97 Å². The highest BCUT2D eigenvalue weighted by atomic mass is 16.5. The van der Waals surface area contributed by atoms with Gasteiger partial charge in [-0.3, -0.25) is 4.98 Å². The zero-order chi connectivity index (χ0) is 16.1. The molecule has 0 unspecified atom stereocenters. The van der Waals surface area contributed by atoms with Gasteiger partial charge in [0.15, 0.2) is 5.69 Å². The zero-order valence-electron chi connectivity index (χ0n) is 12.0. The third-order valence-corrected chi connectivity index (χ3v) is 3.18. The first-order chi connectivity index (χ1) is 11.3. The van der Waals surface area contributed by atoms with Crippen molar-refractivity contribution in [3.8, 4) is 22.9 Å². The minimum Gasteiger partial charge on any atom is -0.422 e. The van der Waals surface area contributed by atoms with Crippen molar-refractivity contribution in [2.75, 3.05) is 0 Å². The molecule has 0 bridgehead atoms. The third kappa shape index (κ3) is 3.39. The topological polar surface area (TPSA) is 75.9 Å². The summed E-state index contributed by atoms with van der Waals surface area (Å²) >= 11 is 0. The lowest BCUT2D eigenvalue weighted by Gasteiger charge is -2.05. The Morgan fingerprint density at radius 1 is 0.957 bits per heavy atom. The van der Waals surface area contributed by atoms with Crippen molar-refractivity contribution in [1.82, 2.24) is 9.97 Å². The molecular weight excluding hydrogens is 290 g/mol. The van der Waals surface area contributed by atoms with Crippen LogP contribution < -0.4 is 4.74 Å². The third-order valence-electron chi connectivity index (χ3n) is 3.18. The maximum atomic E-state index is 11.9. The van der Waals surface area contributed by atoms with Crippen LogP contribution in [0.1, 0.15) is 16.1 Å². The van der Waals surface area contributed by atoms with Crippen LogP contribution in [0.3, 0.4) is 0 Å². The van der Waals surface area contributed by atoms with Gasteiger partial charge in [-0.25, -0.2) is 9.78 Å². The molecule has 0 N–H and O–H groups in total. The van der Waals surface area contributed by atoms with Gasteiger partial charge in [-0.1, -0.05) is 24.3 Å². The molecule has 1 aromatic heterocycles. The Balaban J connectivity index is 1.74. The number of carbonyl (C=O) groups is 1. The van der Waals surface area contributed by atoms with Crippen LogP contribution in [0, 0.1) is 11.3 Å². The van der Waals surface area contributed by atoms with Gasteiger partial charge in [-0.05, 0) is 35.4 Å². The van der Waals surface area contributed by atoms with E-state index in [1.54, 1.807) is 24.3 Å². The Kier molecular flexibility index (Phi) is 4.07. The summed E-state index contributed by atoms with van der Waals surface area (Å²) in [5.74, 6) is -0.123. The van der Waals surface area contributed by atoms with E-state index in [4.69, 9.17) is 10.00 Å². The van der Waals surface area contributed by atoms with Crippen LogP contribution in [0.5, 0.6) is 5.75 Å². The van der Waals surface area contributed by atoms with Crippen molar-refractivity contribution < 1.29 is 9.53 Å². The van der Waals surface area contributed by atoms with Crippen molar-refractivity contribution in [1.29, 1.82) is 5.26 Å². The number of rotatable bonds is 3. The Hall–Kier alpha value is -3.52. The van der Waals surface area contributed by atoms with E-state index in [-0.39, 0.29) is 5.69 Å². The summed E-state index contributed by atoms with van der Waals surface area (Å²) < 4.78 is 5.24. The average molecular weight is 301 g/mol. The maximum Gasteiger partial charge on any atom is 0.363 e. The van der Waals surface area contributed by atoms with E-state index in [1.807, 2.05) is 24.3 Å². The van der Waals surface area contributed by atoms with Gasteiger partial charge in [0, 0.05) is 12.4 Å². The quantitative estimate of drug-likeness (QED) is 0.548. The predicted molar refractivity (Wildman–Crippen MR) is 83.6 cm³/mol. The fourth-order valence-electron chi connectivity index (χ4n) is 2.02. The van der Waals surface area contributed by atoms with Crippen LogP contribution in [-0.2, 0) is 0 Å². The molecule has 2 aromatic carbocycles. The normalized spacial score (nSPS) is 9.87. The Labute approximate surface area is 132 Å². The number of nitrogens with zero attached hydrogens (tertiary/aromatic N) is 3. The van der Waals surface area contributed by atoms with Crippen LogP contribution in [0.15, 0.2) is 67.1 Å². The van der Waals surface area contributed by atoms with Crippen molar-refractivity contribution in [3.63, 3.8) is 0 Å². The standard InChI is InChI=1S/C18H11N3O2/c19-11-13-1-3-14(4-2-13)15-5-7-16(8-6-15)23-18(22)17-12-20-9-10-21-17/h1-10,12H. The molecular formula is C18H11N3O2. The average Bonchev–Trinajstić information content (AvgIpc) is 2.63. The highest BCUT2D eigenvalue weighted by Gasteiger charge is 2.10. The van der Waals surface area contributed by atoms with Gasteiger partial charge < -0.3 is 4.74 Å². The Bertz CT molecular complexity index is 852. The first kappa shape index (κ1) is 14.4. The van der Waals surface area contributed by atoms with Crippen molar-refractivity contribution in [2.45, 2.75) is 0 Å². The van der Waals surface area contributed by atoms with Gasteiger partial charge in [-0.2, -0.15) is 5.26 Å². The first-order valence-electron chi connectivity index (χ1n) is 6.85. The molecule has 0 aliphatic rings. The number of carbonyl (C=O) groups excluding carboxylic acids is 1. The fourth-order valence-corrected chi connectivity index (χ4v) is 2.02. The van der Waals surface area contributed by atoms with E-state index in [0.717, 1.165) is 11.1 Å². The number of hydrogen-bond donors (Lipinski definition) is 0. The molecule has 5 heteroatoms. The summed E-state index contributed by atoms with van der Waals surface area (Å²) in [5.41, 5.74) is 2.72. The molecule has 0 spiro atoms. The molecule has 0 amide bonds. The number of ether oxygens (including phenoxy) is 1. The molecule has 110 valence electrons. The van der Waals surface area contributed by atoms with Crippen LogP contribution in [0.4, 0.5) is 0 Å². The number of esters is 1. The minimum atomic E-state index is -0.552. The van der Waals surface area contributed by atoms with E-state index >= 15 is 0 Å². The summed E-state index contributed by atoms with van der Waals surface area (Å²) in [6.45, 7) is 0. The lowest BCUT2D eigenvalue weighted by molar-refractivity contribution is 0.0728. The van der Waals surface area contributed by atoms with E-state index in [1.165, 1.54) is 18.6 Å². The Morgan fingerprint density at radius 3 is 2.17 bits per heavy atom. The molecule has 0 aliphatic carbocycles. The molecule has 3 aromatic rings. The molecule has 0 saturated heterocycles. The van der Waals surface area contributed by atoms with Crippen LogP contribution >= 0.6 is 0 Å². The highest BCUT2D eigenvalue weighted by Crippen LogP contribution is 2.23. The van der Waals surface area contributed by atoms with Crippen LogP contribution in [0.2, 0.25) is 0 Å². The number of benzene rings is 2. The summed E-state index contributed by atoms with van der Waals surface area (Å²) in [4.78, 5) is 19.6. The van der Waals surface area contributed by atoms with Gasteiger partial charge >= 0.3 is 5.97 Å². The van der Waals surface area contributed by atoms with Gasteiger partial charge in [-0.15, -0.1) is 0 Å². The second-order valence-corrected chi connectivity index (χ2v) is 4.69. The zero-order valence-corrected chi connectivity index (χ0v) is 12.0. The number of hydrogen-bond acceptors (Lipinski definition) is 5. The molecule has 1 heterocycles. The number of aromatic nitrogens is 2. The van der Waals surface area contributed by atoms with E-state index in [0.29, 0.717) is 11.3 Å². The van der Waals surface area contributed by atoms with Crippen LogP contribution in [0.25, 0.3) is 11.1 Å². The smallest absolute Gasteiger partial charge is 0.363 e. The van der Waals surface area contributed by atoms with Gasteiger partial charge in [0.25, 0.3) is 0 Å². The predicted octanol–water partition coefficient (Wildman–Crippen LogP) is 3.23. The SMILES string of the molecule is N#Cc1ccc(-c2ccc(OC(=O)c3cnccn3)cc2)cc1. The van der Waals surface area contributed by atoms with Gasteiger partial charge in [0.2, 0.25) is 0 Å². The molecule has 0 aliphatic heterocycles. The monoisotopic (exact) mass is 301 g/mol. The summed E-state index contributed by atoms with van der Waals surface area (Å²) in [6.07, 6.45) is 4.28. The number of nitriles is 1. The molecule has 0 fully saturated rings. The highest BCUT2D eigenvalue weighted by molar-refractivity contribution is 5.88. The molecule has 3 rings (SSSR count). The van der Waals surface area contributed by atoms with Crippen molar-refractivity contribution in [2.24, 2.45) is 0 Å². The second-order valence-electron chi connectivity index (χ2n) is 4.69. The largest absolute Gasteiger partial charge is 0.422 e. The van der Waals surface area contributed by atoms with Gasteiger partial charge in [0.1, 0.15) is 5.75 Å². The summed E-state index contributed by atoms with van der Waals surface area (Å²) in [6, 6.07) is 16.5. The summed E-state index contributed by atoms with van der Waals surface area (Å²) in [7, 11) is 0. The summed E-state index contributed by atoms with van der Waals surface area (Å²) in [5, 5.41) is 8.81. The van der Waals surface area contributed by atoms with Crippen LogP contribution in [-0.4, -0.2) is 15.9 Å². The molecule has 0 radical (unpaired) electrons. The lowest BCUT2D eigenvalue weighted by atomic mass is 10.0. The molecule has 0 atom stereocenters. The molecule has 5 nitrogen and oxygen atoms in total. The van der Waals surface area contributed by atoms with Gasteiger partial charge in [0.05, 0.1) is 17.8 Å². The maximum absolute atomic E-state index is 11.9.